The van der Waals surface area contributed by atoms with Crippen LogP contribution in [0.5, 0.6) is 0 Å². The molecule has 8 heteroatoms. The van der Waals surface area contributed by atoms with Crippen molar-refractivity contribution < 1.29 is 9.53 Å². The molecule has 3 N–H and O–H groups in total. The third kappa shape index (κ3) is 6.44. The summed E-state index contributed by atoms with van der Waals surface area (Å²) >= 11 is 6.53. The van der Waals surface area contributed by atoms with Crippen molar-refractivity contribution in [2.24, 2.45) is 34.6 Å². The molecule has 8 unspecified atom stereocenters. The summed E-state index contributed by atoms with van der Waals surface area (Å²) in [6, 6.07) is 0.329. The number of hydrogen-bond donors (Lipinski definition) is 3. The van der Waals surface area contributed by atoms with Crippen LogP contribution in [0.15, 0.2) is 4.99 Å². The molecule has 5 fully saturated rings. The summed E-state index contributed by atoms with van der Waals surface area (Å²) in [5, 5.41) is 3.62. The second-order valence-electron chi connectivity index (χ2n) is 14.1. The molecule has 4 saturated carbocycles. The molecule has 2 aliphatic heterocycles. The molecule has 40 heavy (non-hydrogen) atoms. The fraction of sp³-hybridized carbons (Fsp3) is 0.938. The number of nitrogens with one attached hydrogen (secondary N) is 3. The Morgan fingerprint density at radius 1 is 1.00 bits per heavy atom. The number of rotatable bonds is 7. The number of fused-ring (bicyclic) bond motifs is 4. The van der Waals surface area contributed by atoms with Crippen molar-refractivity contribution >= 4 is 23.2 Å². The molecule has 0 aromatic heterocycles. The van der Waals surface area contributed by atoms with Crippen LogP contribution in [0.25, 0.3) is 0 Å². The van der Waals surface area contributed by atoms with Gasteiger partial charge in [-0.2, -0.15) is 0 Å². The molecular formula is C32H54ClN5O2. The molecule has 0 bridgehead atoms. The van der Waals surface area contributed by atoms with Gasteiger partial charge in [0.1, 0.15) is 0 Å². The average molecular weight is 576 g/mol. The highest BCUT2D eigenvalue weighted by Crippen LogP contribution is 2.44. The molecule has 6 rings (SSSR count). The predicted molar refractivity (Wildman–Crippen MR) is 161 cm³/mol. The number of aliphatic imine (C=N–C) groups is 1. The molecule has 0 spiro atoms. The minimum absolute atomic E-state index is 0.0378. The van der Waals surface area contributed by atoms with Gasteiger partial charge in [0, 0.05) is 36.7 Å². The van der Waals surface area contributed by atoms with E-state index in [4.69, 9.17) is 21.3 Å². The van der Waals surface area contributed by atoms with E-state index in [9.17, 15) is 4.79 Å². The highest BCUT2D eigenvalue weighted by molar-refractivity contribution is 6.20. The molecule has 9 atom stereocenters. The first-order valence-corrected chi connectivity index (χ1v) is 17.2. The van der Waals surface area contributed by atoms with Crippen molar-refractivity contribution in [2.45, 2.75) is 146 Å². The molecule has 0 aromatic carbocycles. The number of hydrogen-bond acceptors (Lipinski definition) is 6. The van der Waals surface area contributed by atoms with Crippen molar-refractivity contribution in [3.05, 3.63) is 0 Å². The van der Waals surface area contributed by atoms with E-state index in [1.807, 2.05) is 7.11 Å². The molecule has 0 aromatic rings. The molecule has 4 aliphatic carbocycles. The van der Waals surface area contributed by atoms with E-state index in [-0.39, 0.29) is 30.4 Å². The van der Waals surface area contributed by atoms with E-state index in [2.05, 4.69) is 28.0 Å². The van der Waals surface area contributed by atoms with Gasteiger partial charge in [-0.05, 0) is 94.8 Å². The van der Waals surface area contributed by atoms with E-state index < -0.39 is 0 Å². The quantitative estimate of drug-likeness (QED) is 0.355. The molecule has 1 amide bonds. The van der Waals surface area contributed by atoms with Gasteiger partial charge >= 0.3 is 0 Å². The number of carbonyl (C=O) groups is 1. The summed E-state index contributed by atoms with van der Waals surface area (Å²) in [6.45, 7) is 3.05. The topological polar surface area (TPSA) is 78.0 Å². The summed E-state index contributed by atoms with van der Waals surface area (Å²) in [5.41, 5.74) is 8.41. The smallest absolute Gasteiger partial charge is 0.222 e. The first kappa shape index (κ1) is 29.3. The number of nitrogens with zero attached hydrogens (tertiary/aromatic N) is 2. The number of alkyl halides is 1. The van der Waals surface area contributed by atoms with Crippen LogP contribution in [0.4, 0.5) is 0 Å². The maximum atomic E-state index is 13.4. The standard InChI is InChI=1S/C32H54ClN5O2/c1-20-36-37-32-28(19-30(39)34-16-15-21-7-8-22-5-3-4-6-24(22)17-21)35-31(23-9-11-25(33)12-10-23)27-18-26(40-2)13-14-29(27)38(20)32/h20-29,32,36-37H,3-19H2,1-2H3,(H,34,39)/t20?,21?,22?,23?,24?,25?,26?,27?,28-,29?,32?/m0/s1. The van der Waals surface area contributed by atoms with Crippen molar-refractivity contribution in [2.75, 3.05) is 13.7 Å². The molecule has 226 valence electrons. The number of amides is 1. The summed E-state index contributed by atoms with van der Waals surface area (Å²) < 4.78 is 5.90. The van der Waals surface area contributed by atoms with Crippen LogP contribution in [0.2, 0.25) is 0 Å². The SMILES string of the molecule is COC1CCC2C(C1)C(C1CCC(Cl)CC1)=N[C@@H](CC(=O)NCCC1CCC3CCCCC3C1)C1NNC(C)N21. The minimum Gasteiger partial charge on any atom is -0.381 e. The lowest BCUT2D eigenvalue weighted by molar-refractivity contribution is -0.121. The Morgan fingerprint density at radius 3 is 2.60 bits per heavy atom. The van der Waals surface area contributed by atoms with Crippen molar-refractivity contribution in [1.82, 2.24) is 21.1 Å². The molecule has 1 saturated heterocycles. The number of ether oxygens (including phenoxy) is 1. The van der Waals surface area contributed by atoms with E-state index in [1.165, 1.54) is 50.7 Å². The third-order valence-electron chi connectivity index (χ3n) is 11.7. The maximum Gasteiger partial charge on any atom is 0.222 e. The highest BCUT2D eigenvalue weighted by Gasteiger charge is 2.50. The first-order valence-electron chi connectivity index (χ1n) is 16.8. The zero-order valence-corrected chi connectivity index (χ0v) is 25.7. The van der Waals surface area contributed by atoms with Crippen molar-refractivity contribution in [3.63, 3.8) is 0 Å². The van der Waals surface area contributed by atoms with E-state index >= 15 is 0 Å². The fourth-order valence-electron chi connectivity index (χ4n) is 9.57. The van der Waals surface area contributed by atoms with Crippen LogP contribution < -0.4 is 16.2 Å². The Bertz CT molecular complexity index is 895. The van der Waals surface area contributed by atoms with Gasteiger partial charge in [0.05, 0.1) is 30.9 Å². The van der Waals surface area contributed by atoms with Crippen molar-refractivity contribution in [3.8, 4) is 0 Å². The van der Waals surface area contributed by atoms with Crippen LogP contribution in [0.3, 0.4) is 0 Å². The van der Waals surface area contributed by atoms with E-state index in [0.717, 1.165) is 75.7 Å². The normalized spacial score (nSPS) is 44.1. The lowest BCUT2D eigenvalue weighted by Gasteiger charge is -2.44. The maximum absolute atomic E-state index is 13.4. The zero-order chi connectivity index (χ0) is 27.6. The number of methoxy groups -OCH3 is 1. The lowest BCUT2D eigenvalue weighted by atomic mass is 9.67. The van der Waals surface area contributed by atoms with Crippen molar-refractivity contribution in [1.29, 1.82) is 0 Å². The molecule has 0 radical (unpaired) electrons. The second-order valence-corrected chi connectivity index (χ2v) is 14.7. The van der Waals surface area contributed by atoms with E-state index in [0.29, 0.717) is 29.7 Å². The summed E-state index contributed by atoms with van der Waals surface area (Å²) in [5.74, 6) is 3.73. The van der Waals surface area contributed by atoms with Crippen LogP contribution in [0.1, 0.15) is 110 Å². The number of halogens is 1. The van der Waals surface area contributed by atoms with Gasteiger partial charge in [-0.3, -0.25) is 14.7 Å². The van der Waals surface area contributed by atoms with Gasteiger partial charge in [-0.15, -0.1) is 11.6 Å². The number of carbonyl (C=O) groups excluding carboxylic acids is 1. The Hall–Kier alpha value is -0.730. The summed E-state index contributed by atoms with van der Waals surface area (Å²) in [6.07, 6.45) is 19.6. The Balaban J connectivity index is 1.13. The van der Waals surface area contributed by atoms with Crippen LogP contribution in [-0.2, 0) is 9.53 Å². The lowest BCUT2D eigenvalue weighted by Crippen LogP contribution is -2.55. The molecule has 6 aliphatic rings. The van der Waals surface area contributed by atoms with Crippen LogP contribution in [-0.4, -0.2) is 66.1 Å². The average Bonchev–Trinajstić information content (AvgIpc) is 3.30. The van der Waals surface area contributed by atoms with E-state index in [1.54, 1.807) is 0 Å². The summed E-state index contributed by atoms with van der Waals surface area (Å²) in [4.78, 5) is 21.6. The zero-order valence-electron chi connectivity index (χ0n) is 25.0. The fourth-order valence-corrected chi connectivity index (χ4v) is 9.82. The molecule has 2 heterocycles. The van der Waals surface area contributed by atoms with Crippen LogP contribution >= 0.6 is 11.6 Å². The monoisotopic (exact) mass is 575 g/mol. The third-order valence-corrected chi connectivity index (χ3v) is 12.2. The van der Waals surface area contributed by atoms with Crippen LogP contribution in [0, 0.1) is 29.6 Å². The Labute approximate surface area is 247 Å². The molecule has 7 nitrogen and oxygen atoms in total. The van der Waals surface area contributed by atoms with Gasteiger partial charge < -0.3 is 10.1 Å². The Kier molecular flexibility index (Phi) is 9.74. The van der Waals surface area contributed by atoms with Gasteiger partial charge in [0.25, 0.3) is 0 Å². The van der Waals surface area contributed by atoms with Gasteiger partial charge in [-0.1, -0.05) is 32.1 Å². The van der Waals surface area contributed by atoms with Gasteiger partial charge in [-0.25, -0.2) is 10.9 Å². The number of hydrazine groups is 1. The van der Waals surface area contributed by atoms with Gasteiger partial charge in [0.2, 0.25) is 5.91 Å². The van der Waals surface area contributed by atoms with Gasteiger partial charge in [0.15, 0.2) is 0 Å². The highest BCUT2D eigenvalue weighted by atomic mass is 35.5. The summed E-state index contributed by atoms with van der Waals surface area (Å²) in [7, 11) is 1.86. The Morgan fingerprint density at radius 2 is 1.80 bits per heavy atom. The largest absolute Gasteiger partial charge is 0.381 e. The first-order chi connectivity index (χ1) is 19.5. The second kappa shape index (κ2) is 13.3. The predicted octanol–water partition coefficient (Wildman–Crippen LogP) is 5.38. The minimum atomic E-state index is -0.0922. The molecular weight excluding hydrogens is 522 g/mol.